The molecule has 3 rings (SSSR count). The quantitative estimate of drug-likeness (QED) is 0.316. The molecule has 0 aliphatic carbocycles. The monoisotopic (exact) mass is 457 g/mol. The van der Waals surface area contributed by atoms with Crippen LogP contribution in [0.3, 0.4) is 0 Å². The van der Waals surface area contributed by atoms with Gasteiger partial charge in [0.2, 0.25) is 5.95 Å². The molecule has 5 nitrogen and oxygen atoms in total. The number of hydrogen-bond donors (Lipinski definition) is 2. The van der Waals surface area contributed by atoms with Gasteiger partial charge in [-0.25, -0.2) is 4.98 Å². The minimum absolute atomic E-state index is 0.582. The molecule has 0 aliphatic rings. The number of nitrogens with zero attached hydrogens (tertiary/aromatic N) is 3. The molecule has 2 aromatic carbocycles. The van der Waals surface area contributed by atoms with Crippen LogP contribution in [0.5, 0.6) is 0 Å². The lowest BCUT2D eigenvalue weighted by atomic mass is 10.1. The topological polar surface area (TPSA) is 62.2 Å². The van der Waals surface area contributed by atoms with Crippen LogP contribution in [0.2, 0.25) is 0 Å². The Bertz CT molecular complexity index is 892. The molecule has 0 amide bonds. The van der Waals surface area contributed by atoms with Crippen LogP contribution in [0.4, 0.5) is 11.8 Å². The molecule has 0 saturated heterocycles. The Morgan fingerprint density at radius 1 is 1.04 bits per heavy atom. The van der Waals surface area contributed by atoms with Gasteiger partial charge in [-0.15, -0.1) is 0 Å². The van der Waals surface area contributed by atoms with E-state index in [0.29, 0.717) is 18.3 Å². The summed E-state index contributed by atoms with van der Waals surface area (Å²) >= 11 is 2.29. The zero-order valence-electron chi connectivity index (χ0n) is 14.7. The summed E-state index contributed by atoms with van der Waals surface area (Å²) in [5.74, 6) is 1.25. The molecular formula is C20H20IN5. The number of aryl methyl sites for hydroxylation is 1. The van der Waals surface area contributed by atoms with Crippen LogP contribution in [0.15, 0.2) is 65.8 Å². The molecule has 0 saturated carbocycles. The first kappa shape index (κ1) is 18.3. The van der Waals surface area contributed by atoms with Crippen molar-refractivity contribution in [3.8, 4) is 0 Å². The predicted octanol–water partition coefficient (Wildman–Crippen LogP) is 4.84. The van der Waals surface area contributed by atoms with E-state index in [4.69, 9.17) is 0 Å². The Morgan fingerprint density at radius 2 is 1.77 bits per heavy atom. The molecule has 0 atom stereocenters. The van der Waals surface area contributed by atoms with Gasteiger partial charge in [-0.1, -0.05) is 42.5 Å². The fraction of sp³-hybridized carbons (Fsp3) is 0.150. The van der Waals surface area contributed by atoms with Crippen molar-refractivity contribution in [1.29, 1.82) is 0 Å². The molecule has 132 valence electrons. The first-order valence-corrected chi connectivity index (χ1v) is 9.38. The van der Waals surface area contributed by atoms with Crippen molar-refractivity contribution in [3.63, 3.8) is 0 Å². The number of hydrogen-bond acceptors (Lipinski definition) is 5. The smallest absolute Gasteiger partial charge is 0.225 e. The molecule has 6 heteroatoms. The van der Waals surface area contributed by atoms with Gasteiger partial charge in [0.1, 0.15) is 0 Å². The Hall–Kier alpha value is -2.48. The molecule has 3 aromatic rings. The van der Waals surface area contributed by atoms with Crippen LogP contribution in [-0.4, -0.2) is 15.7 Å². The van der Waals surface area contributed by atoms with Gasteiger partial charge in [0.05, 0.1) is 5.71 Å². The van der Waals surface area contributed by atoms with Crippen LogP contribution < -0.4 is 10.7 Å². The predicted molar refractivity (Wildman–Crippen MR) is 116 cm³/mol. The second-order valence-electron chi connectivity index (χ2n) is 5.87. The van der Waals surface area contributed by atoms with Gasteiger partial charge in [-0.05, 0) is 59.7 Å². The van der Waals surface area contributed by atoms with Crippen molar-refractivity contribution in [3.05, 3.63) is 81.1 Å². The number of aromatic nitrogens is 2. The number of hydrazone groups is 1. The van der Waals surface area contributed by atoms with E-state index < -0.39 is 0 Å². The minimum atomic E-state index is 0.582. The van der Waals surface area contributed by atoms with E-state index in [9.17, 15) is 0 Å². The van der Waals surface area contributed by atoms with E-state index >= 15 is 0 Å². The van der Waals surface area contributed by atoms with Crippen LogP contribution in [0.25, 0.3) is 0 Å². The maximum atomic E-state index is 4.49. The second-order valence-corrected chi connectivity index (χ2v) is 7.12. The lowest BCUT2D eigenvalue weighted by Gasteiger charge is -2.08. The fourth-order valence-electron chi connectivity index (χ4n) is 2.38. The molecule has 0 spiro atoms. The molecule has 1 heterocycles. The van der Waals surface area contributed by atoms with Gasteiger partial charge in [0.25, 0.3) is 0 Å². The van der Waals surface area contributed by atoms with Gasteiger partial charge in [0, 0.05) is 21.9 Å². The van der Waals surface area contributed by atoms with Crippen LogP contribution in [0, 0.1) is 10.5 Å². The third kappa shape index (κ3) is 5.26. The van der Waals surface area contributed by atoms with Gasteiger partial charge in [-0.3, -0.25) is 5.43 Å². The lowest BCUT2D eigenvalue weighted by Crippen LogP contribution is -2.07. The zero-order chi connectivity index (χ0) is 18.4. The van der Waals surface area contributed by atoms with Gasteiger partial charge in [-0.2, -0.15) is 10.1 Å². The van der Waals surface area contributed by atoms with Crippen molar-refractivity contribution < 1.29 is 0 Å². The van der Waals surface area contributed by atoms with E-state index in [2.05, 4.69) is 84.8 Å². The summed E-state index contributed by atoms with van der Waals surface area (Å²) < 4.78 is 1.20. The SMILES string of the molecule is CC(=NNc1cc(C)nc(NCc2ccccc2)n1)c1ccc(I)cc1. The number of anilines is 2. The first-order chi connectivity index (χ1) is 12.6. The van der Waals surface area contributed by atoms with Crippen molar-refractivity contribution in [2.45, 2.75) is 20.4 Å². The van der Waals surface area contributed by atoms with E-state index in [1.807, 2.05) is 38.1 Å². The molecule has 0 bridgehead atoms. The largest absolute Gasteiger partial charge is 0.350 e. The van der Waals surface area contributed by atoms with Gasteiger partial charge in [0.15, 0.2) is 5.82 Å². The molecular weight excluding hydrogens is 437 g/mol. The van der Waals surface area contributed by atoms with Crippen molar-refractivity contribution in [1.82, 2.24) is 9.97 Å². The van der Waals surface area contributed by atoms with Gasteiger partial charge >= 0.3 is 0 Å². The molecule has 0 unspecified atom stereocenters. The highest BCUT2D eigenvalue weighted by Crippen LogP contribution is 2.12. The van der Waals surface area contributed by atoms with E-state index in [0.717, 1.165) is 17.0 Å². The standard InChI is InChI=1S/C20H20IN5/c1-14-12-19(26-25-15(2)17-8-10-18(21)11-9-17)24-20(23-14)22-13-16-6-4-3-5-7-16/h3-12H,13H2,1-2H3,(H2,22,23,24,26). The highest BCUT2D eigenvalue weighted by molar-refractivity contribution is 14.1. The highest BCUT2D eigenvalue weighted by Gasteiger charge is 2.03. The molecule has 2 N–H and O–H groups in total. The van der Waals surface area contributed by atoms with Crippen LogP contribution in [0.1, 0.15) is 23.7 Å². The highest BCUT2D eigenvalue weighted by atomic mass is 127. The number of halogens is 1. The fourth-order valence-corrected chi connectivity index (χ4v) is 2.74. The van der Waals surface area contributed by atoms with E-state index in [-0.39, 0.29) is 0 Å². The minimum Gasteiger partial charge on any atom is -0.350 e. The summed E-state index contributed by atoms with van der Waals surface area (Å²) in [5, 5.41) is 7.70. The summed E-state index contributed by atoms with van der Waals surface area (Å²) in [7, 11) is 0. The molecule has 0 radical (unpaired) electrons. The molecule has 0 fully saturated rings. The average molecular weight is 457 g/mol. The Morgan fingerprint density at radius 3 is 2.50 bits per heavy atom. The normalized spacial score (nSPS) is 11.3. The Kier molecular flexibility index (Phi) is 6.17. The average Bonchev–Trinajstić information content (AvgIpc) is 2.65. The first-order valence-electron chi connectivity index (χ1n) is 8.30. The third-order valence-electron chi connectivity index (χ3n) is 3.75. The second kappa shape index (κ2) is 8.75. The van der Waals surface area contributed by atoms with E-state index in [1.54, 1.807) is 0 Å². The number of rotatable bonds is 6. The van der Waals surface area contributed by atoms with Crippen LogP contribution >= 0.6 is 22.6 Å². The third-order valence-corrected chi connectivity index (χ3v) is 4.47. The molecule has 0 aliphatic heterocycles. The van der Waals surface area contributed by atoms with Crippen LogP contribution in [-0.2, 0) is 6.54 Å². The maximum Gasteiger partial charge on any atom is 0.225 e. The van der Waals surface area contributed by atoms with E-state index in [1.165, 1.54) is 9.13 Å². The van der Waals surface area contributed by atoms with Crippen molar-refractivity contribution >= 4 is 40.1 Å². The summed E-state index contributed by atoms with van der Waals surface area (Å²) in [5.41, 5.74) is 7.06. The number of nitrogens with one attached hydrogen (secondary N) is 2. The maximum absolute atomic E-state index is 4.49. The summed E-state index contributed by atoms with van der Waals surface area (Å²) in [6.45, 7) is 4.59. The molecule has 1 aromatic heterocycles. The number of benzene rings is 2. The summed E-state index contributed by atoms with van der Waals surface area (Å²) in [4.78, 5) is 8.92. The summed E-state index contributed by atoms with van der Waals surface area (Å²) in [6, 6.07) is 20.3. The zero-order valence-corrected chi connectivity index (χ0v) is 16.9. The lowest BCUT2D eigenvalue weighted by molar-refractivity contribution is 1.02. The Balaban J connectivity index is 1.69. The van der Waals surface area contributed by atoms with Crippen molar-refractivity contribution in [2.75, 3.05) is 10.7 Å². The Labute approximate surface area is 167 Å². The summed E-state index contributed by atoms with van der Waals surface area (Å²) in [6.07, 6.45) is 0. The van der Waals surface area contributed by atoms with Crippen molar-refractivity contribution in [2.24, 2.45) is 5.10 Å². The molecule has 26 heavy (non-hydrogen) atoms. The van der Waals surface area contributed by atoms with Gasteiger partial charge < -0.3 is 5.32 Å².